The number of nitrogens with one attached hydrogen (secondary N) is 1. The van der Waals surface area contributed by atoms with E-state index < -0.39 is 0 Å². The molecule has 154 valence electrons. The Bertz CT molecular complexity index is 1030. The molecule has 0 bridgehead atoms. The summed E-state index contributed by atoms with van der Waals surface area (Å²) in [6.45, 7) is 0.929. The minimum atomic E-state index is -0.363. The summed E-state index contributed by atoms with van der Waals surface area (Å²) in [4.78, 5) is 13.6. The fraction of sp³-hybridized carbons (Fsp3) is 0.174. The number of carbonyl (C=O) groups is 1. The average Bonchev–Trinajstić information content (AvgIpc) is 3.31. The lowest BCUT2D eigenvalue weighted by Gasteiger charge is -2.21. The van der Waals surface area contributed by atoms with E-state index in [1.807, 2.05) is 17.5 Å². The topological polar surface area (TPSA) is 56.8 Å². The van der Waals surface area contributed by atoms with Crippen molar-refractivity contribution in [3.8, 4) is 17.2 Å². The van der Waals surface area contributed by atoms with Crippen molar-refractivity contribution < 1.29 is 23.4 Å². The van der Waals surface area contributed by atoms with Gasteiger partial charge in [-0.25, -0.2) is 4.39 Å². The van der Waals surface area contributed by atoms with Crippen LogP contribution in [-0.4, -0.2) is 26.2 Å². The molecule has 4 rings (SSSR count). The highest BCUT2D eigenvalue weighted by Gasteiger charge is 2.19. The van der Waals surface area contributed by atoms with Crippen molar-refractivity contribution in [3.05, 3.63) is 81.8 Å². The largest absolute Gasteiger partial charge is 0.493 e. The van der Waals surface area contributed by atoms with Gasteiger partial charge in [0, 0.05) is 11.0 Å². The second-order valence-corrected chi connectivity index (χ2v) is 7.57. The van der Waals surface area contributed by atoms with Gasteiger partial charge in [-0.05, 0) is 52.9 Å². The first-order valence-electron chi connectivity index (χ1n) is 9.39. The van der Waals surface area contributed by atoms with Crippen LogP contribution in [0, 0.1) is 5.82 Å². The van der Waals surface area contributed by atoms with E-state index >= 15 is 0 Å². The normalized spacial score (nSPS) is 13.8. The van der Waals surface area contributed by atoms with Gasteiger partial charge in [0.05, 0.1) is 13.2 Å². The quantitative estimate of drug-likeness (QED) is 0.587. The molecule has 1 unspecified atom stereocenters. The van der Waals surface area contributed by atoms with Crippen LogP contribution in [0.1, 0.15) is 22.0 Å². The first-order valence-corrected chi connectivity index (χ1v) is 10.3. The molecule has 1 aromatic heterocycles. The molecule has 3 aromatic rings. The summed E-state index contributed by atoms with van der Waals surface area (Å²) in [7, 11) is 1.56. The van der Waals surface area contributed by atoms with E-state index in [-0.39, 0.29) is 17.8 Å². The van der Waals surface area contributed by atoms with Crippen LogP contribution in [0.2, 0.25) is 0 Å². The lowest BCUT2D eigenvalue weighted by atomic mass is 10.1. The van der Waals surface area contributed by atoms with Crippen molar-refractivity contribution in [1.82, 2.24) is 5.32 Å². The predicted octanol–water partition coefficient (Wildman–Crippen LogP) is 4.59. The molecule has 2 aromatic carbocycles. The summed E-state index contributed by atoms with van der Waals surface area (Å²) in [6, 6.07) is 13.2. The summed E-state index contributed by atoms with van der Waals surface area (Å²) in [5.41, 5.74) is 1.56. The number of hydrogen-bond acceptors (Lipinski definition) is 5. The lowest BCUT2D eigenvalue weighted by Crippen LogP contribution is -2.27. The maximum absolute atomic E-state index is 13.3. The minimum absolute atomic E-state index is 0.272. The number of amides is 1. The third-order valence-electron chi connectivity index (χ3n) is 4.60. The molecule has 0 radical (unpaired) electrons. The van der Waals surface area contributed by atoms with Crippen LogP contribution in [0.4, 0.5) is 4.39 Å². The Balaban J connectivity index is 1.54. The number of halogens is 1. The van der Waals surface area contributed by atoms with E-state index in [2.05, 4.69) is 5.32 Å². The van der Waals surface area contributed by atoms with Crippen molar-refractivity contribution in [3.63, 3.8) is 0 Å². The molecule has 7 heteroatoms. The van der Waals surface area contributed by atoms with Gasteiger partial charge < -0.3 is 19.5 Å². The standard InChI is InChI=1S/C23H20FNO4S/c1-27-18-13-15(14-19-23(18)29-11-10-28-19)4-9-21(26)25-22(20-3-2-12-30-20)16-5-7-17(24)8-6-16/h2-9,12-14,22H,10-11H2,1H3,(H,25,26)/b9-4+. The number of benzene rings is 2. The average molecular weight is 425 g/mol. The van der Waals surface area contributed by atoms with Crippen LogP contribution in [-0.2, 0) is 4.79 Å². The van der Waals surface area contributed by atoms with Crippen molar-refractivity contribution in [2.45, 2.75) is 6.04 Å². The predicted molar refractivity (Wildman–Crippen MR) is 114 cm³/mol. The van der Waals surface area contributed by atoms with Crippen molar-refractivity contribution >= 4 is 23.3 Å². The van der Waals surface area contributed by atoms with Gasteiger partial charge in [0.2, 0.25) is 11.7 Å². The minimum Gasteiger partial charge on any atom is -0.493 e. The molecule has 1 aliphatic heterocycles. The first kappa shape index (κ1) is 20.0. The van der Waals surface area contributed by atoms with Gasteiger partial charge in [-0.15, -0.1) is 11.3 Å². The van der Waals surface area contributed by atoms with Crippen LogP contribution in [0.15, 0.2) is 60.0 Å². The van der Waals surface area contributed by atoms with Gasteiger partial charge in [-0.3, -0.25) is 4.79 Å². The molecule has 0 saturated carbocycles. The highest BCUT2D eigenvalue weighted by molar-refractivity contribution is 7.10. The number of ether oxygens (including phenoxy) is 3. The molecule has 1 aliphatic rings. The van der Waals surface area contributed by atoms with E-state index in [1.54, 1.807) is 37.5 Å². The summed E-state index contributed by atoms with van der Waals surface area (Å²) < 4.78 is 29.9. The van der Waals surface area contributed by atoms with Crippen LogP contribution in [0.3, 0.4) is 0 Å². The maximum atomic E-state index is 13.3. The Kier molecular flexibility index (Phi) is 5.99. The zero-order valence-electron chi connectivity index (χ0n) is 16.3. The van der Waals surface area contributed by atoms with Crippen LogP contribution in [0.25, 0.3) is 6.08 Å². The first-order chi connectivity index (χ1) is 14.6. The van der Waals surface area contributed by atoms with Gasteiger partial charge >= 0.3 is 0 Å². The molecule has 5 nitrogen and oxygen atoms in total. The SMILES string of the molecule is COc1cc(/C=C/C(=O)NC(c2ccc(F)cc2)c2cccs2)cc2c1OCCO2. The number of carbonyl (C=O) groups excluding carboxylic acids is 1. The number of hydrogen-bond donors (Lipinski definition) is 1. The van der Waals surface area contributed by atoms with Crippen LogP contribution < -0.4 is 19.5 Å². The highest BCUT2D eigenvalue weighted by Crippen LogP contribution is 2.40. The molecule has 2 heterocycles. The van der Waals surface area contributed by atoms with Crippen molar-refractivity contribution in [2.24, 2.45) is 0 Å². The molecule has 0 fully saturated rings. The van der Waals surface area contributed by atoms with Gasteiger partial charge in [0.25, 0.3) is 0 Å². The summed E-state index contributed by atoms with van der Waals surface area (Å²) in [6.07, 6.45) is 3.14. The van der Waals surface area contributed by atoms with Crippen LogP contribution in [0.5, 0.6) is 17.2 Å². The van der Waals surface area contributed by atoms with Gasteiger partial charge in [0.1, 0.15) is 19.0 Å². The second-order valence-electron chi connectivity index (χ2n) is 6.59. The summed E-state index contributed by atoms with van der Waals surface area (Å²) in [5, 5.41) is 4.93. The molecule has 0 saturated heterocycles. The Labute approximate surface area is 177 Å². The van der Waals surface area contributed by atoms with E-state index in [9.17, 15) is 9.18 Å². The monoisotopic (exact) mass is 425 g/mol. The third kappa shape index (κ3) is 4.46. The Morgan fingerprint density at radius 3 is 2.73 bits per heavy atom. The Morgan fingerprint density at radius 2 is 2.00 bits per heavy atom. The van der Waals surface area contributed by atoms with Crippen molar-refractivity contribution in [1.29, 1.82) is 0 Å². The number of thiophene rings is 1. The zero-order valence-corrected chi connectivity index (χ0v) is 17.1. The smallest absolute Gasteiger partial charge is 0.244 e. The molecule has 0 spiro atoms. The lowest BCUT2D eigenvalue weighted by molar-refractivity contribution is -0.116. The molecular weight excluding hydrogens is 405 g/mol. The maximum Gasteiger partial charge on any atom is 0.244 e. The second kappa shape index (κ2) is 9.00. The van der Waals surface area contributed by atoms with E-state index in [4.69, 9.17) is 14.2 Å². The third-order valence-corrected chi connectivity index (χ3v) is 5.53. The van der Waals surface area contributed by atoms with Gasteiger partial charge in [0.15, 0.2) is 11.5 Å². The van der Waals surface area contributed by atoms with Crippen LogP contribution >= 0.6 is 11.3 Å². The van der Waals surface area contributed by atoms with Gasteiger partial charge in [-0.2, -0.15) is 0 Å². The van der Waals surface area contributed by atoms with E-state index in [0.717, 1.165) is 16.0 Å². The number of rotatable bonds is 6. The molecule has 1 N–H and O–H groups in total. The molecular formula is C23H20FNO4S. The molecule has 30 heavy (non-hydrogen) atoms. The summed E-state index contributed by atoms with van der Waals surface area (Å²) in [5.74, 6) is 1.12. The summed E-state index contributed by atoms with van der Waals surface area (Å²) >= 11 is 1.53. The molecule has 1 atom stereocenters. The van der Waals surface area contributed by atoms with Crippen molar-refractivity contribution in [2.75, 3.05) is 20.3 Å². The molecule has 0 aliphatic carbocycles. The highest BCUT2D eigenvalue weighted by atomic mass is 32.1. The van der Waals surface area contributed by atoms with E-state index in [0.29, 0.717) is 30.5 Å². The Morgan fingerprint density at radius 1 is 1.20 bits per heavy atom. The number of fused-ring (bicyclic) bond motifs is 1. The number of methoxy groups -OCH3 is 1. The van der Waals surface area contributed by atoms with E-state index in [1.165, 1.54) is 29.5 Å². The Hall–Kier alpha value is -3.32. The zero-order chi connectivity index (χ0) is 20.9. The van der Waals surface area contributed by atoms with Gasteiger partial charge in [-0.1, -0.05) is 18.2 Å². The molecule has 1 amide bonds. The fourth-order valence-corrected chi connectivity index (χ4v) is 3.98. The fourth-order valence-electron chi connectivity index (χ4n) is 3.18.